The fourth-order valence-electron chi connectivity index (χ4n) is 5.34. The SMILES string of the molecule is O=C(CCCn1cccn1)N1CCCN(Cc2ccc(Cl)cc2)CCCN(C(=O)C2CC2)c2ccccc2C1. The van der Waals surface area contributed by atoms with E-state index in [2.05, 4.69) is 28.2 Å². The van der Waals surface area contributed by atoms with Crippen molar-refractivity contribution in [3.63, 3.8) is 0 Å². The van der Waals surface area contributed by atoms with Crippen LogP contribution in [0.15, 0.2) is 67.0 Å². The predicted molar refractivity (Wildman–Crippen MR) is 154 cm³/mol. The van der Waals surface area contributed by atoms with Crippen LogP contribution in [0.2, 0.25) is 5.02 Å². The third kappa shape index (κ3) is 7.70. The third-order valence-electron chi connectivity index (χ3n) is 7.60. The summed E-state index contributed by atoms with van der Waals surface area (Å²) in [5.74, 6) is 0.510. The number of amides is 2. The molecule has 0 radical (unpaired) electrons. The lowest BCUT2D eigenvalue weighted by atomic mass is 10.1. The van der Waals surface area contributed by atoms with Crippen molar-refractivity contribution >= 4 is 29.1 Å². The fourth-order valence-corrected chi connectivity index (χ4v) is 5.47. The molecule has 0 atom stereocenters. The van der Waals surface area contributed by atoms with Crippen molar-refractivity contribution in [2.75, 3.05) is 31.1 Å². The summed E-state index contributed by atoms with van der Waals surface area (Å²) in [5, 5.41) is 5.00. The van der Waals surface area contributed by atoms with E-state index in [0.29, 0.717) is 26.1 Å². The summed E-state index contributed by atoms with van der Waals surface area (Å²) in [6.07, 6.45) is 8.65. The first-order valence-corrected chi connectivity index (χ1v) is 14.6. The first-order valence-electron chi connectivity index (χ1n) is 14.2. The highest BCUT2D eigenvalue weighted by molar-refractivity contribution is 6.30. The second-order valence-corrected chi connectivity index (χ2v) is 11.1. The van der Waals surface area contributed by atoms with Gasteiger partial charge in [0.2, 0.25) is 11.8 Å². The molecule has 7 nitrogen and oxygen atoms in total. The molecule has 0 unspecified atom stereocenters. The van der Waals surface area contributed by atoms with Gasteiger partial charge >= 0.3 is 0 Å². The van der Waals surface area contributed by atoms with E-state index in [1.165, 1.54) is 5.56 Å². The number of benzene rings is 2. The number of carbonyl (C=O) groups is 2. The van der Waals surface area contributed by atoms with Gasteiger partial charge in [0.25, 0.3) is 0 Å². The summed E-state index contributed by atoms with van der Waals surface area (Å²) in [7, 11) is 0. The van der Waals surface area contributed by atoms with Gasteiger partial charge in [-0.2, -0.15) is 5.10 Å². The molecule has 2 aromatic carbocycles. The summed E-state index contributed by atoms with van der Waals surface area (Å²) in [4.78, 5) is 33.3. The molecule has 1 saturated carbocycles. The second-order valence-electron chi connectivity index (χ2n) is 10.7. The Morgan fingerprint density at radius 2 is 1.69 bits per heavy atom. The Bertz CT molecular complexity index is 1230. The van der Waals surface area contributed by atoms with E-state index in [1.54, 1.807) is 6.20 Å². The van der Waals surface area contributed by atoms with Gasteiger partial charge in [0, 0.05) is 81.3 Å². The minimum Gasteiger partial charge on any atom is -0.338 e. The maximum Gasteiger partial charge on any atom is 0.230 e. The summed E-state index contributed by atoms with van der Waals surface area (Å²) in [6, 6.07) is 18.1. The molecule has 2 amide bonds. The zero-order valence-corrected chi connectivity index (χ0v) is 23.3. The Labute approximate surface area is 236 Å². The van der Waals surface area contributed by atoms with Gasteiger partial charge in [0.05, 0.1) is 0 Å². The number of rotatable bonds is 7. The van der Waals surface area contributed by atoms with E-state index >= 15 is 0 Å². The molecule has 2 aliphatic rings. The highest BCUT2D eigenvalue weighted by atomic mass is 35.5. The molecule has 1 aliphatic heterocycles. The highest BCUT2D eigenvalue weighted by Crippen LogP contribution is 2.34. The van der Waals surface area contributed by atoms with Gasteiger partial charge in [-0.3, -0.25) is 19.2 Å². The number of anilines is 1. The van der Waals surface area contributed by atoms with Crippen LogP contribution in [0.1, 0.15) is 49.7 Å². The van der Waals surface area contributed by atoms with Gasteiger partial charge in [-0.25, -0.2) is 0 Å². The van der Waals surface area contributed by atoms with Crippen LogP contribution in [0.25, 0.3) is 0 Å². The summed E-state index contributed by atoms with van der Waals surface area (Å²) < 4.78 is 1.87. The molecule has 0 N–H and O–H groups in total. The van der Waals surface area contributed by atoms with E-state index in [1.807, 2.05) is 57.1 Å². The van der Waals surface area contributed by atoms with Crippen LogP contribution >= 0.6 is 11.6 Å². The van der Waals surface area contributed by atoms with Crippen LogP contribution < -0.4 is 4.90 Å². The van der Waals surface area contributed by atoms with E-state index in [4.69, 9.17) is 11.6 Å². The third-order valence-corrected chi connectivity index (χ3v) is 7.86. The average Bonchev–Trinajstić information content (AvgIpc) is 3.66. The number of aryl methyl sites for hydroxylation is 1. The monoisotopic (exact) mass is 547 g/mol. The molecule has 5 rings (SSSR count). The molecule has 1 aliphatic carbocycles. The molecule has 8 heteroatoms. The van der Waals surface area contributed by atoms with Crippen LogP contribution in [0.3, 0.4) is 0 Å². The maximum absolute atomic E-state index is 13.5. The number of hydrogen-bond acceptors (Lipinski definition) is 4. The van der Waals surface area contributed by atoms with Gasteiger partial charge in [-0.15, -0.1) is 0 Å². The van der Waals surface area contributed by atoms with Gasteiger partial charge in [-0.1, -0.05) is 41.9 Å². The Morgan fingerprint density at radius 1 is 0.923 bits per heavy atom. The van der Waals surface area contributed by atoms with Gasteiger partial charge in [0.1, 0.15) is 0 Å². The van der Waals surface area contributed by atoms with Crippen LogP contribution in [0.4, 0.5) is 5.69 Å². The zero-order chi connectivity index (χ0) is 27.0. The molecular weight excluding hydrogens is 510 g/mol. The molecule has 39 heavy (non-hydrogen) atoms. The lowest BCUT2D eigenvalue weighted by molar-refractivity contribution is -0.132. The van der Waals surface area contributed by atoms with Crippen molar-refractivity contribution in [1.82, 2.24) is 19.6 Å². The minimum absolute atomic E-state index is 0.135. The molecule has 1 fully saturated rings. The van der Waals surface area contributed by atoms with E-state index in [0.717, 1.165) is 74.6 Å². The van der Waals surface area contributed by atoms with Crippen molar-refractivity contribution in [3.05, 3.63) is 83.1 Å². The average molecular weight is 548 g/mol. The molecule has 0 bridgehead atoms. The number of hydrogen-bond donors (Lipinski definition) is 0. The smallest absolute Gasteiger partial charge is 0.230 e. The number of halogens is 1. The molecule has 1 aromatic heterocycles. The number of aromatic nitrogens is 2. The molecule has 0 saturated heterocycles. The number of para-hydroxylation sites is 1. The number of carbonyl (C=O) groups excluding carboxylic acids is 2. The molecule has 206 valence electrons. The first kappa shape index (κ1) is 27.4. The predicted octanol–water partition coefficient (Wildman–Crippen LogP) is 5.38. The molecule has 2 heterocycles. The van der Waals surface area contributed by atoms with Crippen molar-refractivity contribution in [2.24, 2.45) is 5.92 Å². The molecule has 3 aromatic rings. The Balaban J connectivity index is 1.35. The largest absolute Gasteiger partial charge is 0.338 e. The molecule has 0 spiro atoms. The van der Waals surface area contributed by atoms with Crippen LogP contribution in [0.5, 0.6) is 0 Å². The second kappa shape index (κ2) is 13.3. The van der Waals surface area contributed by atoms with Crippen molar-refractivity contribution in [2.45, 2.75) is 58.2 Å². The quantitative estimate of drug-likeness (QED) is 0.398. The van der Waals surface area contributed by atoms with Crippen molar-refractivity contribution in [3.8, 4) is 0 Å². The van der Waals surface area contributed by atoms with Crippen LogP contribution in [-0.2, 0) is 29.2 Å². The van der Waals surface area contributed by atoms with Gasteiger partial charge < -0.3 is 9.80 Å². The fraction of sp³-hybridized carbons (Fsp3) is 0.452. The van der Waals surface area contributed by atoms with Crippen molar-refractivity contribution < 1.29 is 9.59 Å². The Kier molecular flexibility index (Phi) is 9.32. The van der Waals surface area contributed by atoms with Crippen LogP contribution in [0, 0.1) is 5.92 Å². The van der Waals surface area contributed by atoms with E-state index in [9.17, 15) is 9.59 Å². The highest BCUT2D eigenvalue weighted by Gasteiger charge is 2.35. The standard InChI is InChI=1S/C31H38ClN5O2/c32-28-14-10-25(11-15-28)23-34-17-5-19-35(30(38)9-3-20-36-21-4-16-33-36)24-27-7-1-2-8-29(27)37(22-6-18-34)31(39)26-12-13-26/h1-2,4,7-8,10-11,14-16,21,26H,3,5-6,9,12-13,17-20,22-24H2. The summed E-state index contributed by atoms with van der Waals surface area (Å²) in [5.41, 5.74) is 3.22. The summed E-state index contributed by atoms with van der Waals surface area (Å²) in [6.45, 7) is 5.20. The van der Waals surface area contributed by atoms with E-state index in [-0.39, 0.29) is 17.7 Å². The molecular formula is C31H38ClN5O2. The normalized spacial score (nSPS) is 17.3. The lowest BCUT2D eigenvalue weighted by Gasteiger charge is -2.32. The van der Waals surface area contributed by atoms with Gasteiger partial charge in [-0.05, 0) is 67.5 Å². The Morgan fingerprint density at radius 3 is 2.44 bits per heavy atom. The topological polar surface area (TPSA) is 61.7 Å². The number of nitrogens with zero attached hydrogens (tertiary/aromatic N) is 5. The minimum atomic E-state index is 0.135. The van der Waals surface area contributed by atoms with Gasteiger partial charge in [0.15, 0.2) is 0 Å². The van der Waals surface area contributed by atoms with Crippen LogP contribution in [-0.4, -0.2) is 57.6 Å². The lowest BCUT2D eigenvalue weighted by Crippen LogP contribution is -2.39. The van der Waals surface area contributed by atoms with E-state index < -0.39 is 0 Å². The first-order chi connectivity index (χ1) is 19.1. The number of fused-ring (bicyclic) bond motifs is 1. The Hall–Kier alpha value is -3.16. The summed E-state index contributed by atoms with van der Waals surface area (Å²) >= 11 is 6.11. The maximum atomic E-state index is 13.5. The van der Waals surface area contributed by atoms with Crippen molar-refractivity contribution in [1.29, 1.82) is 0 Å². The zero-order valence-electron chi connectivity index (χ0n) is 22.6.